The summed E-state index contributed by atoms with van der Waals surface area (Å²) >= 11 is 5.34. The van der Waals surface area contributed by atoms with Crippen LogP contribution in [0, 0.1) is 13.8 Å². The number of aliphatic hydroxyl groups excluding tert-OH is 1. The van der Waals surface area contributed by atoms with Crippen molar-refractivity contribution < 1.29 is 5.11 Å². The van der Waals surface area contributed by atoms with E-state index < -0.39 is 6.10 Å². The second-order valence-electron chi connectivity index (χ2n) is 5.14. The number of benzene rings is 2. The highest BCUT2D eigenvalue weighted by atomic mass is 79.9. The smallest absolute Gasteiger partial charge is 0.0772 e. The summed E-state index contributed by atoms with van der Waals surface area (Å²) in [7, 11) is 0. The molecule has 0 spiro atoms. The molecule has 0 amide bonds. The van der Waals surface area contributed by atoms with Crippen molar-refractivity contribution in [3.05, 3.63) is 63.1 Å². The molecule has 0 fully saturated rings. The lowest BCUT2D eigenvalue weighted by Gasteiger charge is -2.10. The molecular formula is C17H19BrOS. The van der Waals surface area contributed by atoms with Gasteiger partial charge in [0.15, 0.2) is 0 Å². The second kappa shape index (κ2) is 6.79. The first-order valence-electron chi connectivity index (χ1n) is 6.63. The summed E-state index contributed by atoms with van der Waals surface area (Å²) in [4.78, 5) is 1.21. The maximum Gasteiger partial charge on any atom is 0.0772 e. The van der Waals surface area contributed by atoms with Gasteiger partial charge in [-0.2, -0.15) is 0 Å². The lowest BCUT2D eigenvalue weighted by molar-refractivity contribution is 0.198. The Morgan fingerprint density at radius 3 is 2.30 bits per heavy atom. The van der Waals surface area contributed by atoms with Crippen molar-refractivity contribution >= 4 is 27.7 Å². The second-order valence-corrected chi connectivity index (χ2v) is 7.05. The molecule has 0 aromatic heterocycles. The van der Waals surface area contributed by atoms with Crippen LogP contribution in [-0.2, 0) is 5.75 Å². The van der Waals surface area contributed by atoms with Crippen molar-refractivity contribution in [3.63, 3.8) is 0 Å². The normalized spacial score (nSPS) is 12.4. The lowest BCUT2D eigenvalue weighted by atomic mass is 10.1. The van der Waals surface area contributed by atoms with Gasteiger partial charge in [0.1, 0.15) is 0 Å². The summed E-state index contributed by atoms with van der Waals surface area (Å²) < 4.78 is 0.970. The average molecular weight is 351 g/mol. The summed E-state index contributed by atoms with van der Waals surface area (Å²) in [6.45, 7) is 6.05. The monoisotopic (exact) mass is 350 g/mol. The van der Waals surface area contributed by atoms with E-state index in [-0.39, 0.29) is 0 Å². The van der Waals surface area contributed by atoms with E-state index in [2.05, 4.69) is 60.1 Å². The van der Waals surface area contributed by atoms with Crippen LogP contribution in [0.25, 0.3) is 0 Å². The molecule has 106 valence electrons. The van der Waals surface area contributed by atoms with E-state index in [9.17, 15) is 5.11 Å². The van der Waals surface area contributed by atoms with Gasteiger partial charge in [0.25, 0.3) is 0 Å². The van der Waals surface area contributed by atoms with Gasteiger partial charge in [0.05, 0.1) is 6.10 Å². The number of halogens is 1. The molecule has 3 heteroatoms. The quantitative estimate of drug-likeness (QED) is 0.743. The fourth-order valence-electron chi connectivity index (χ4n) is 2.26. The minimum absolute atomic E-state index is 0.442. The summed E-state index contributed by atoms with van der Waals surface area (Å²) in [5.74, 6) is 0.961. The van der Waals surface area contributed by atoms with Crippen LogP contribution in [0.1, 0.15) is 35.3 Å². The van der Waals surface area contributed by atoms with Crippen LogP contribution < -0.4 is 0 Å². The first kappa shape index (κ1) is 15.6. The van der Waals surface area contributed by atoms with Crippen molar-refractivity contribution in [2.45, 2.75) is 37.5 Å². The highest BCUT2D eigenvalue weighted by Crippen LogP contribution is 2.30. The molecule has 0 unspecified atom stereocenters. The topological polar surface area (TPSA) is 20.2 Å². The van der Waals surface area contributed by atoms with Crippen LogP contribution >= 0.6 is 27.7 Å². The summed E-state index contributed by atoms with van der Waals surface area (Å²) in [6, 6.07) is 12.8. The molecule has 0 radical (unpaired) electrons. The molecule has 2 rings (SSSR count). The Morgan fingerprint density at radius 1 is 1.10 bits per heavy atom. The van der Waals surface area contributed by atoms with Crippen LogP contribution in [-0.4, -0.2) is 5.11 Å². The molecule has 1 atom stereocenters. The van der Waals surface area contributed by atoms with Crippen molar-refractivity contribution in [2.24, 2.45) is 0 Å². The van der Waals surface area contributed by atoms with E-state index in [1.807, 2.05) is 17.8 Å². The standard InChI is InChI=1S/C17H19BrOS/c1-11-6-12(2)8-14(7-11)10-20-15-4-5-16(13(3)19)17(18)9-15/h4-9,13,19H,10H2,1-3H3/t13-/m1/s1. The van der Waals surface area contributed by atoms with Crippen LogP contribution in [0.3, 0.4) is 0 Å². The van der Waals surface area contributed by atoms with Crippen LogP contribution in [0.4, 0.5) is 0 Å². The van der Waals surface area contributed by atoms with E-state index in [0.29, 0.717) is 0 Å². The molecule has 0 aliphatic carbocycles. The van der Waals surface area contributed by atoms with Gasteiger partial charge in [-0.25, -0.2) is 0 Å². The van der Waals surface area contributed by atoms with E-state index in [1.165, 1.54) is 21.6 Å². The Balaban J connectivity index is 2.09. The third kappa shape index (κ3) is 4.11. The molecule has 20 heavy (non-hydrogen) atoms. The van der Waals surface area contributed by atoms with Crippen molar-refractivity contribution in [1.29, 1.82) is 0 Å². The van der Waals surface area contributed by atoms with Gasteiger partial charge >= 0.3 is 0 Å². The Labute approximate surface area is 133 Å². The molecule has 0 bridgehead atoms. The number of rotatable bonds is 4. The molecule has 1 N–H and O–H groups in total. The molecule has 0 aliphatic rings. The highest BCUT2D eigenvalue weighted by molar-refractivity contribution is 9.10. The Kier molecular flexibility index (Phi) is 5.30. The zero-order chi connectivity index (χ0) is 14.7. The molecule has 1 nitrogen and oxygen atoms in total. The SMILES string of the molecule is Cc1cc(C)cc(CSc2ccc([C@@H](C)O)c(Br)c2)c1. The zero-order valence-corrected chi connectivity index (χ0v) is 14.4. The van der Waals surface area contributed by atoms with Crippen molar-refractivity contribution in [2.75, 3.05) is 0 Å². The Hall–Kier alpha value is -0.770. The van der Waals surface area contributed by atoms with E-state index in [1.54, 1.807) is 6.92 Å². The fraction of sp³-hybridized carbons (Fsp3) is 0.294. The average Bonchev–Trinajstić information content (AvgIpc) is 2.35. The fourth-order valence-corrected chi connectivity index (χ4v) is 3.98. The first-order valence-corrected chi connectivity index (χ1v) is 8.41. The maximum absolute atomic E-state index is 9.63. The van der Waals surface area contributed by atoms with Crippen LogP contribution in [0.5, 0.6) is 0 Å². The van der Waals surface area contributed by atoms with Gasteiger partial charge in [0.2, 0.25) is 0 Å². The maximum atomic E-state index is 9.63. The molecule has 0 saturated carbocycles. The van der Waals surface area contributed by atoms with Crippen LogP contribution in [0.2, 0.25) is 0 Å². The van der Waals surface area contributed by atoms with E-state index in [4.69, 9.17) is 0 Å². The number of thioether (sulfide) groups is 1. The molecule has 0 saturated heterocycles. The van der Waals surface area contributed by atoms with Crippen molar-refractivity contribution in [1.82, 2.24) is 0 Å². The predicted octanol–water partition coefficient (Wildman–Crippen LogP) is 5.41. The Bertz CT molecular complexity index is 588. The summed E-state index contributed by atoms with van der Waals surface area (Å²) in [5, 5.41) is 9.63. The summed E-state index contributed by atoms with van der Waals surface area (Å²) in [6.07, 6.45) is -0.442. The van der Waals surface area contributed by atoms with Gasteiger partial charge in [-0.05, 0) is 44.0 Å². The number of aliphatic hydroxyl groups is 1. The largest absolute Gasteiger partial charge is 0.389 e. The van der Waals surface area contributed by atoms with Gasteiger partial charge in [-0.3, -0.25) is 0 Å². The predicted molar refractivity (Wildman–Crippen MR) is 90.3 cm³/mol. The third-order valence-corrected chi connectivity index (χ3v) is 4.86. The molecule has 0 aliphatic heterocycles. The molecule has 2 aromatic carbocycles. The minimum atomic E-state index is -0.442. The van der Waals surface area contributed by atoms with Crippen molar-refractivity contribution in [3.8, 4) is 0 Å². The zero-order valence-electron chi connectivity index (χ0n) is 12.0. The molecule has 2 aromatic rings. The molecule has 0 heterocycles. The Morgan fingerprint density at radius 2 is 1.75 bits per heavy atom. The van der Waals surface area contributed by atoms with Gasteiger partial charge in [0, 0.05) is 15.1 Å². The number of aryl methyl sites for hydroxylation is 2. The van der Waals surface area contributed by atoms with E-state index >= 15 is 0 Å². The number of hydrogen-bond acceptors (Lipinski definition) is 2. The van der Waals surface area contributed by atoms with Crippen LogP contribution in [0.15, 0.2) is 45.8 Å². The van der Waals surface area contributed by atoms with Gasteiger partial charge < -0.3 is 5.11 Å². The lowest BCUT2D eigenvalue weighted by Crippen LogP contribution is -1.92. The summed E-state index contributed by atoms with van der Waals surface area (Å²) in [5.41, 5.74) is 4.90. The minimum Gasteiger partial charge on any atom is -0.389 e. The molecular weight excluding hydrogens is 332 g/mol. The first-order chi connectivity index (χ1) is 9.45. The highest BCUT2D eigenvalue weighted by Gasteiger charge is 2.07. The van der Waals surface area contributed by atoms with Gasteiger partial charge in [-0.15, -0.1) is 11.8 Å². The van der Waals surface area contributed by atoms with Gasteiger partial charge in [-0.1, -0.05) is 51.3 Å². The number of hydrogen-bond donors (Lipinski definition) is 1. The third-order valence-electron chi connectivity index (χ3n) is 3.11. The van der Waals surface area contributed by atoms with E-state index in [0.717, 1.165) is 15.8 Å².